The third kappa shape index (κ3) is 3.41. The molecule has 0 N–H and O–H groups in total. The number of hydrogen-bond donors (Lipinski definition) is 0. The van der Waals surface area contributed by atoms with E-state index in [4.69, 9.17) is 0 Å². The Morgan fingerprint density at radius 3 is 1.90 bits per heavy atom. The molecule has 0 saturated carbocycles. The van der Waals surface area contributed by atoms with Crippen molar-refractivity contribution in [3.8, 4) is 0 Å². The Morgan fingerprint density at radius 2 is 1.40 bits per heavy atom. The highest BCUT2D eigenvalue weighted by atomic mass is 15.1. The first kappa shape index (κ1) is 14.2. The molecule has 0 bridgehead atoms. The molecule has 20 heavy (non-hydrogen) atoms. The number of benzene rings is 2. The van der Waals surface area contributed by atoms with Gasteiger partial charge in [-0.1, -0.05) is 36.9 Å². The maximum Gasteiger partial charge on any atom is 0.0426 e. The predicted molar refractivity (Wildman–Crippen MR) is 89.4 cm³/mol. The van der Waals surface area contributed by atoms with Crippen molar-refractivity contribution in [3.63, 3.8) is 0 Å². The summed E-state index contributed by atoms with van der Waals surface area (Å²) in [6.07, 6.45) is 1.87. The van der Waals surface area contributed by atoms with E-state index in [0.29, 0.717) is 0 Å². The van der Waals surface area contributed by atoms with E-state index in [9.17, 15) is 0 Å². The lowest BCUT2D eigenvalue weighted by atomic mass is 10.1. The summed E-state index contributed by atoms with van der Waals surface area (Å²) in [6.45, 7) is 4.68. The van der Waals surface area contributed by atoms with E-state index < -0.39 is 0 Å². The molecule has 2 aromatic carbocycles. The molecule has 0 aliphatic rings. The average molecular weight is 266 g/mol. The maximum atomic E-state index is 3.78. The molecule has 104 valence electrons. The molecule has 2 heteroatoms. The number of rotatable bonds is 5. The number of nitrogens with zero attached hydrogens (tertiary/aromatic N) is 2. The topological polar surface area (TPSA) is 6.48 Å². The van der Waals surface area contributed by atoms with E-state index in [2.05, 4.69) is 86.1 Å². The van der Waals surface area contributed by atoms with Gasteiger partial charge < -0.3 is 9.80 Å². The number of anilines is 2. The molecule has 2 aromatic rings. The fraction of sp³-hybridized carbons (Fsp3) is 0.222. The average Bonchev–Trinajstić information content (AvgIpc) is 2.48. The smallest absolute Gasteiger partial charge is 0.0426 e. The normalized spacial score (nSPS) is 10.2. The van der Waals surface area contributed by atoms with Crippen molar-refractivity contribution in [2.75, 3.05) is 30.9 Å². The minimum atomic E-state index is 0.902. The van der Waals surface area contributed by atoms with E-state index in [1.807, 2.05) is 6.08 Å². The van der Waals surface area contributed by atoms with Gasteiger partial charge in [-0.25, -0.2) is 0 Å². The molecule has 0 aliphatic heterocycles. The van der Waals surface area contributed by atoms with E-state index in [-0.39, 0.29) is 0 Å². The minimum Gasteiger partial charge on any atom is -0.378 e. The van der Waals surface area contributed by atoms with Crippen LogP contribution in [0, 0.1) is 0 Å². The van der Waals surface area contributed by atoms with Crippen molar-refractivity contribution in [1.29, 1.82) is 0 Å². The van der Waals surface area contributed by atoms with Crippen LogP contribution >= 0.6 is 0 Å². The molecular weight excluding hydrogens is 244 g/mol. The van der Waals surface area contributed by atoms with Gasteiger partial charge in [0.1, 0.15) is 0 Å². The van der Waals surface area contributed by atoms with Crippen molar-refractivity contribution in [3.05, 3.63) is 66.2 Å². The van der Waals surface area contributed by atoms with Crippen LogP contribution in [0.15, 0.2) is 55.1 Å². The molecule has 0 unspecified atom stereocenters. The van der Waals surface area contributed by atoms with Gasteiger partial charge >= 0.3 is 0 Å². The quantitative estimate of drug-likeness (QED) is 0.806. The third-order valence-electron chi connectivity index (χ3n) is 3.44. The monoisotopic (exact) mass is 266 g/mol. The van der Waals surface area contributed by atoms with Crippen LogP contribution in [0.2, 0.25) is 0 Å². The highest BCUT2D eigenvalue weighted by Gasteiger charge is 2.03. The summed E-state index contributed by atoms with van der Waals surface area (Å²) in [5.74, 6) is 0. The Labute approximate surface area is 122 Å². The summed E-state index contributed by atoms with van der Waals surface area (Å²) >= 11 is 0. The van der Waals surface area contributed by atoms with Crippen molar-refractivity contribution in [2.24, 2.45) is 0 Å². The summed E-state index contributed by atoms with van der Waals surface area (Å²) in [4.78, 5) is 4.36. The molecule has 0 spiro atoms. The van der Waals surface area contributed by atoms with Crippen LogP contribution in [0.5, 0.6) is 0 Å². The first-order chi connectivity index (χ1) is 9.60. The Hall–Kier alpha value is -2.22. The fourth-order valence-electron chi connectivity index (χ4n) is 2.13. The van der Waals surface area contributed by atoms with Gasteiger partial charge in [0.15, 0.2) is 0 Å². The van der Waals surface area contributed by atoms with Crippen LogP contribution in [0.4, 0.5) is 11.4 Å². The Morgan fingerprint density at radius 1 is 0.850 bits per heavy atom. The molecule has 0 aliphatic carbocycles. The fourth-order valence-corrected chi connectivity index (χ4v) is 2.13. The van der Waals surface area contributed by atoms with Crippen LogP contribution in [-0.2, 0) is 6.54 Å². The van der Waals surface area contributed by atoms with Crippen LogP contribution < -0.4 is 9.80 Å². The lowest BCUT2D eigenvalue weighted by Gasteiger charge is -2.21. The molecule has 0 fully saturated rings. The molecule has 0 atom stereocenters. The van der Waals surface area contributed by atoms with E-state index >= 15 is 0 Å². The first-order valence-corrected chi connectivity index (χ1v) is 6.80. The van der Waals surface area contributed by atoms with E-state index in [0.717, 1.165) is 12.1 Å². The highest BCUT2D eigenvalue weighted by Crippen LogP contribution is 2.20. The van der Waals surface area contributed by atoms with E-state index in [1.54, 1.807) is 0 Å². The number of hydrogen-bond acceptors (Lipinski definition) is 2. The standard InChI is InChI=1S/C18H22N2/c1-5-15-6-8-16(9-7-15)14-20(4)18-12-10-17(11-13-18)19(2)3/h5-13H,1,14H2,2-4H3. The SMILES string of the molecule is C=Cc1ccc(CN(C)c2ccc(N(C)C)cc2)cc1. The Kier molecular flexibility index (Phi) is 4.46. The van der Waals surface area contributed by atoms with Crippen molar-refractivity contribution in [2.45, 2.75) is 6.54 Å². The van der Waals surface area contributed by atoms with Crippen LogP contribution in [0.25, 0.3) is 6.08 Å². The van der Waals surface area contributed by atoms with Gasteiger partial charge in [-0.2, -0.15) is 0 Å². The molecule has 2 nitrogen and oxygen atoms in total. The zero-order chi connectivity index (χ0) is 14.5. The maximum absolute atomic E-state index is 3.78. The first-order valence-electron chi connectivity index (χ1n) is 6.80. The minimum absolute atomic E-state index is 0.902. The molecule has 0 saturated heterocycles. The van der Waals surface area contributed by atoms with E-state index in [1.165, 1.54) is 16.9 Å². The summed E-state index contributed by atoms with van der Waals surface area (Å²) in [5, 5.41) is 0. The van der Waals surface area contributed by atoms with Gasteiger partial charge in [-0.3, -0.25) is 0 Å². The zero-order valence-electron chi connectivity index (χ0n) is 12.5. The summed E-state index contributed by atoms with van der Waals surface area (Å²) < 4.78 is 0. The van der Waals surface area contributed by atoms with Gasteiger partial charge in [-0.15, -0.1) is 0 Å². The second-order valence-electron chi connectivity index (χ2n) is 5.21. The van der Waals surface area contributed by atoms with Gasteiger partial charge in [0.2, 0.25) is 0 Å². The van der Waals surface area contributed by atoms with Gasteiger partial charge in [0.05, 0.1) is 0 Å². The molecule has 2 rings (SSSR count). The van der Waals surface area contributed by atoms with Crippen molar-refractivity contribution in [1.82, 2.24) is 0 Å². The van der Waals surface area contributed by atoms with Crippen molar-refractivity contribution < 1.29 is 0 Å². The van der Waals surface area contributed by atoms with Crippen molar-refractivity contribution >= 4 is 17.5 Å². The summed E-state index contributed by atoms with van der Waals surface area (Å²) in [6, 6.07) is 17.1. The predicted octanol–water partition coefficient (Wildman–Crippen LogP) is 4.03. The largest absolute Gasteiger partial charge is 0.378 e. The molecule has 0 radical (unpaired) electrons. The Bertz CT molecular complexity index is 553. The van der Waals surface area contributed by atoms with Crippen LogP contribution in [0.3, 0.4) is 0 Å². The lowest BCUT2D eigenvalue weighted by molar-refractivity contribution is 0.922. The second-order valence-corrected chi connectivity index (χ2v) is 5.21. The second kappa shape index (κ2) is 6.29. The van der Waals surface area contributed by atoms with Gasteiger partial charge in [-0.05, 0) is 35.4 Å². The third-order valence-corrected chi connectivity index (χ3v) is 3.44. The highest BCUT2D eigenvalue weighted by molar-refractivity contribution is 5.56. The van der Waals surface area contributed by atoms with Crippen LogP contribution in [0.1, 0.15) is 11.1 Å². The summed E-state index contributed by atoms with van der Waals surface area (Å²) in [7, 11) is 6.23. The molecular formula is C18H22N2. The molecule has 0 amide bonds. The Balaban J connectivity index is 2.06. The zero-order valence-corrected chi connectivity index (χ0v) is 12.5. The lowest BCUT2D eigenvalue weighted by Crippen LogP contribution is -2.16. The summed E-state index contributed by atoms with van der Waals surface area (Å²) in [5.41, 5.74) is 4.91. The van der Waals surface area contributed by atoms with Crippen LogP contribution in [-0.4, -0.2) is 21.1 Å². The molecule has 0 heterocycles. The molecule has 0 aromatic heterocycles. The van der Waals surface area contributed by atoms with Gasteiger partial charge in [0.25, 0.3) is 0 Å². The van der Waals surface area contributed by atoms with Gasteiger partial charge in [0, 0.05) is 39.1 Å².